The zero-order chi connectivity index (χ0) is 30.9. The molecule has 2 N–H and O–H groups in total. The Kier molecular flexibility index (Phi) is 8.50. The smallest absolute Gasteiger partial charge is 0.430 e. The van der Waals surface area contributed by atoms with Crippen molar-refractivity contribution in [3.8, 4) is 5.75 Å². The highest BCUT2D eigenvalue weighted by molar-refractivity contribution is 6.09. The van der Waals surface area contributed by atoms with Gasteiger partial charge in [0.05, 0.1) is 6.61 Å². The summed E-state index contributed by atoms with van der Waals surface area (Å²) in [4.78, 5) is 27.2. The molecule has 1 atom stereocenters. The molecule has 0 aromatic heterocycles. The molecule has 3 aromatic rings. The highest BCUT2D eigenvalue weighted by Gasteiger charge is 2.71. The minimum atomic E-state index is -5.99. The van der Waals surface area contributed by atoms with E-state index in [0.29, 0.717) is 37.0 Å². The lowest BCUT2D eigenvalue weighted by atomic mass is 9.88. The van der Waals surface area contributed by atoms with Crippen LogP contribution >= 0.6 is 0 Å². The van der Waals surface area contributed by atoms with Gasteiger partial charge in [0.25, 0.3) is 11.5 Å². The molecule has 12 heteroatoms. The number of nitrogens with one attached hydrogen (secondary N) is 1. The number of aliphatic hydroxyl groups is 1. The van der Waals surface area contributed by atoms with E-state index in [-0.39, 0.29) is 30.9 Å². The molecule has 4 rings (SSSR count). The van der Waals surface area contributed by atoms with E-state index < -0.39 is 41.0 Å². The van der Waals surface area contributed by atoms with E-state index in [0.717, 1.165) is 21.7 Å². The predicted molar refractivity (Wildman–Crippen MR) is 143 cm³/mol. The summed E-state index contributed by atoms with van der Waals surface area (Å²) in [5, 5.41) is 14.3. The van der Waals surface area contributed by atoms with Gasteiger partial charge >= 0.3 is 18.4 Å². The van der Waals surface area contributed by atoms with E-state index in [4.69, 9.17) is 4.74 Å². The first-order chi connectivity index (χ1) is 19.6. The predicted octanol–water partition coefficient (Wildman–Crippen LogP) is 6.73. The number of benzene rings is 3. The summed E-state index contributed by atoms with van der Waals surface area (Å²) in [6, 6.07) is 14.7. The maximum absolute atomic E-state index is 13.4. The molecule has 1 fully saturated rings. The lowest BCUT2D eigenvalue weighted by Gasteiger charge is -2.33. The number of nitrogens with zero attached hydrogens (tertiary/aromatic N) is 1. The second-order valence-electron chi connectivity index (χ2n) is 10.4. The van der Waals surface area contributed by atoms with Gasteiger partial charge in [-0.1, -0.05) is 61.9 Å². The quantitative estimate of drug-likeness (QED) is 0.155. The monoisotopic (exact) mass is 596 g/mol. The minimum Gasteiger partial charge on any atom is -0.493 e. The van der Waals surface area contributed by atoms with Crippen molar-refractivity contribution in [3.05, 3.63) is 77.4 Å². The summed E-state index contributed by atoms with van der Waals surface area (Å²) < 4.78 is 85.6. The van der Waals surface area contributed by atoms with Crippen molar-refractivity contribution in [2.45, 2.75) is 63.0 Å². The molecule has 6 nitrogen and oxygen atoms in total. The van der Waals surface area contributed by atoms with Gasteiger partial charge in [-0.15, -0.1) is 0 Å². The van der Waals surface area contributed by atoms with Crippen LogP contribution in [0.5, 0.6) is 5.75 Å². The number of imide groups is 1. The van der Waals surface area contributed by atoms with Crippen molar-refractivity contribution in [3.63, 3.8) is 0 Å². The van der Waals surface area contributed by atoms with Crippen LogP contribution in [0.2, 0.25) is 0 Å². The van der Waals surface area contributed by atoms with Crippen LogP contribution in [0, 0.1) is 0 Å². The van der Waals surface area contributed by atoms with Crippen LogP contribution in [0.25, 0.3) is 10.8 Å². The van der Waals surface area contributed by atoms with Crippen LogP contribution in [0.4, 0.5) is 31.1 Å². The van der Waals surface area contributed by atoms with Crippen molar-refractivity contribution in [2.75, 3.05) is 13.2 Å². The zero-order valence-electron chi connectivity index (χ0n) is 22.9. The van der Waals surface area contributed by atoms with Gasteiger partial charge in [-0.05, 0) is 60.2 Å². The third-order valence-electron chi connectivity index (χ3n) is 7.45. The maximum atomic E-state index is 13.4. The summed E-state index contributed by atoms with van der Waals surface area (Å²) in [5.74, 6) is -0.321. The third-order valence-corrected chi connectivity index (χ3v) is 7.45. The molecule has 3 aromatic carbocycles. The van der Waals surface area contributed by atoms with E-state index in [2.05, 4.69) is 5.32 Å². The Labute approximate surface area is 238 Å². The fourth-order valence-electron chi connectivity index (χ4n) is 5.20. The SMILES string of the molecule is CCCc1cc(C(O)(C(F)(F)F)C(F)(F)F)ccc1OCCCCN1C(=O)NC(C)(c2cccc3ccccc23)C1=O. The van der Waals surface area contributed by atoms with E-state index in [9.17, 15) is 41.0 Å². The standard InChI is InChI=1S/C30H30F6N2O4/c1-3-9-20-18-21(28(41,29(31,32)33)30(34,35)36)14-15-24(20)42-17-7-6-16-38-25(39)27(2,37-26(38)40)23-13-8-11-19-10-4-5-12-22(19)23/h4-5,8,10-15,18,41H,3,6-7,9,16-17H2,1-2H3,(H,37,40). The van der Waals surface area contributed by atoms with Gasteiger partial charge in [0.15, 0.2) is 0 Å². The van der Waals surface area contributed by atoms with E-state index in [1.807, 2.05) is 36.4 Å². The number of rotatable bonds is 10. The highest BCUT2D eigenvalue weighted by Crippen LogP contribution is 2.50. The number of urea groups is 1. The summed E-state index contributed by atoms with van der Waals surface area (Å²) in [6.07, 6.45) is -10.8. The molecule has 1 heterocycles. The van der Waals surface area contributed by atoms with Crippen LogP contribution in [0.1, 0.15) is 49.8 Å². The normalized spacial score (nSPS) is 18.1. The molecular formula is C30H30F6N2O4. The number of aryl methyl sites for hydroxylation is 1. The average molecular weight is 597 g/mol. The molecule has 0 aliphatic carbocycles. The number of ether oxygens (including phenoxy) is 1. The first kappa shape index (κ1) is 31.1. The number of carbonyl (C=O) groups excluding carboxylic acids is 2. The molecule has 1 aliphatic rings. The summed E-state index contributed by atoms with van der Waals surface area (Å²) in [7, 11) is 0. The minimum absolute atomic E-state index is 0.0309. The van der Waals surface area contributed by atoms with Gasteiger partial charge in [0, 0.05) is 12.1 Å². The molecule has 1 aliphatic heterocycles. The maximum Gasteiger partial charge on any atom is 0.430 e. The molecule has 0 saturated carbocycles. The summed E-state index contributed by atoms with van der Waals surface area (Å²) in [6.45, 7) is 3.46. The van der Waals surface area contributed by atoms with E-state index in [1.165, 1.54) is 0 Å². The van der Waals surface area contributed by atoms with Crippen molar-refractivity contribution in [1.29, 1.82) is 0 Å². The van der Waals surface area contributed by atoms with E-state index in [1.54, 1.807) is 19.9 Å². The molecule has 1 unspecified atom stereocenters. The molecule has 0 radical (unpaired) electrons. The molecule has 0 spiro atoms. The topological polar surface area (TPSA) is 78.9 Å². The van der Waals surface area contributed by atoms with Gasteiger partial charge in [-0.25, -0.2) is 4.79 Å². The number of unbranched alkanes of at least 4 members (excludes halogenated alkanes) is 1. The van der Waals surface area contributed by atoms with Crippen molar-refractivity contribution in [1.82, 2.24) is 10.2 Å². The van der Waals surface area contributed by atoms with Crippen molar-refractivity contribution < 1.29 is 45.8 Å². The van der Waals surface area contributed by atoms with Crippen LogP contribution in [0.15, 0.2) is 60.7 Å². The Morgan fingerprint density at radius 3 is 2.26 bits per heavy atom. The van der Waals surface area contributed by atoms with Crippen molar-refractivity contribution >= 4 is 22.7 Å². The fourth-order valence-corrected chi connectivity index (χ4v) is 5.20. The van der Waals surface area contributed by atoms with Gasteiger partial charge in [-0.2, -0.15) is 26.3 Å². The average Bonchev–Trinajstić information content (AvgIpc) is 3.15. The number of halogens is 6. The second-order valence-corrected chi connectivity index (χ2v) is 10.4. The Morgan fingerprint density at radius 2 is 1.60 bits per heavy atom. The molecule has 226 valence electrons. The number of amides is 3. The second kappa shape index (κ2) is 11.5. The van der Waals surface area contributed by atoms with Crippen LogP contribution < -0.4 is 10.1 Å². The molecular weight excluding hydrogens is 566 g/mol. The van der Waals surface area contributed by atoms with Gasteiger partial charge in [0.1, 0.15) is 11.3 Å². The molecule has 42 heavy (non-hydrogen) atoms. The molecule has 1 saturated heterocycles. The Bertz CT molecular complexity index is 1450. The first-order valence-electron chi connectivity index (χ1n) is 13.4. The number of alkyl halides is 6. The largest absolute Gasteiger partial charge is 0.493 e. The number of hydrogen-bond donors (Lipinski definition) is 2. The van der Waals surface area contributed by atoms with Crippen LogP contribution in [-0.2, 0) is 22.4 Å². The Hall–Kier alpha value is -3.80. The number of carbonyl (C=O) groups is 2. The van der Waals surface area contributed by atoms with Gasteiger partial charge in [0.2, 0.25) is 0 Å². The number of hydrogen-bond acceptors (Lipinski definition) is 4. The van der Waals surface area contributed by atoms with Crippen LogP contribution in [0.3, 0.4) is 0 Å². The lowest BCUT2D eigenvalue weighted by Crippen LogP contribution is -2.53. The first-order valence-corrected chi connectivity index (χ1v) is 13.4. The highest BCUT2D eigenvalue weighted by atomic mass is 19.4. The molecule has 3 amide bonds. The van der Waals surface area contributed by atoms with Crippen molar-refractivity contribution in [2.24, 2.45) is 0 Å². The van der Waals surface area contributed by atoms with Gasteiger partial charge in [-0.3, -0.25) is 9.69 Å². The zero-order valence-corrected chi connectivity index (χ0v) is 22.9. The summed E-state index contributed by atoms with van der Waals surface area (Å²) in [5.41, 5.74) is -6.88. The van der Waals surface area contributed by atoms with E-state index >= 15 is 0 Å². The summed E-state index contributed by atoms with van der Waals surface area (Å²) >= 11 is 0. The number of fused-ring (bicyclic) bond motifs is 1. The Morgan fingerprint density at radius 1 is 0.929 bits per heavy atom. The fraction of sp³-hybridized carbons (Fsp3) is 0.400. The lowest BCUT2D eigenvalue weighted by molar-refractivity contribution is -0.376. The molecule has 0 bridgehead atoms. The van der Waals surface area contributed by atoms with Gasteiger partial charge < -0.3 is 15.2 Å². The third kappa shape index (κ3) is 5.51. The van der Waals surface area contributed by atoms with Crippen LogP contribution in [-0.4, -0.2) is 47.4 Å². The Balaban J connectivity index is 1.41.